The van der Waals surface area contributed by atoms with Gasteiger partial charge in [0.15, 0.2) is 17.7 Å². The molecule has 1 atom stereocenters. The third kappa shape index (κ3) is 4.39. The summed E-state index contributed by atoms with van der Waals surface area (Å²) >= 11 is 0. The summed E-state index contributed by atoms with van der Waals surface area (Å²) in [5, 5.41) is 2.87. The van der Waals surface area contributed by atoms with Gasteiger partial charge in [-0.25, -0.2) is 8.78 Å². The molecule has 0 radical (unpaired) electrons. The fraction of sp³-hybridized carbons (Fsp3) is 0.533. The van der Waals surface area contributed by atoms with Crippen LogP contribution in [0.3, 0.4) is 0 Å². The lowest BCUT2D eigenvalue weighted by Crippen LogP contribution is -2.55. The van der Waals surface area contributed by atoms with Crippen LogP contribution in [0.25, 0.3) is 0 Å². The first-order valence-corrected chi connectivity index (χ1v) is 7.01. The maximum atomic E-state index is 13.1. The van der Waals surface area contributed by atoms with Crippen molar-refractivity contribution in [1.29, 1.82) is 0 Å². The van der Waals surface area contributed by atoms with Crippen molar-refractivity contribution < 1.29 is 18.3 Å². The zero-order valence-electron chi connectivity index (χ0n) is 12.6. The highest BCUT2D eigenvalue weighted by molar-refractivity contribution is 5.81. The van der Waals surface area contributed by atoms with Crippen molar-refractivity contribution in [3.8, 4) is 5.75 Å². The summed E-state index contributed by atoms with van der Waals surface area (Å²) in [6.07, 6.45) is 0.562. The lowest BCUT2D eigenvalue weighted by molar-refractivity contribution is -0.129. The quantitative estimate of drug-likeness (QED) is 0.812. The number of halogens is 2. The summed E-state index contributed by atoms with van der Waals surface area (Å²) in [6.45, 7) is 5.75. The molecule has 1 amide bonds. The van der Waals surface area contributed by atoms with E-state index in [0.29, 0.717) is 19.4 Å². The van der Waals surface area contributed by atoms with Gasteiger partial charge in [0.2, 0.25) is 0 Å². The molecule has 1 aromatic rings. The van der Waals surface area contributed by atoms with Crippen molar-refractivity contribution >= 4 is 5.91 Å². The average molecular weight is 300 g/mol. The van der Waals surface area contributed by atoms with Crippen molar-refractivity contribution in [1.82, 2.24) is 5.32 Å². The molecule has 0 saturated heterocycles. The van der Waals surface area contributed by atoms with Gasteiger partial charge in [-0.15, -0.1) is 0 Å². The second kappa shape index (κ2) is 7.36. The Balaban J connectivity index is 2.72. The van der Waals surface area contributed by atoms with Gasteiger partial charge >= 0.3 is 0 Å². The van der Waals surface area contributed by atoms with E-state index in [1.807, 2.05) is 13.8 Å². The van der Waals surface area contributed by atoms with Crippen LogP contribution < -0.4 is 15.8 Å². The fourth-order valence-corrected chi connectivity index (χ4v) is 1.94. The number of nitrogens with one attached hydrogen (secondary N) is 1. The van der Waals surface area contributed by atoms with Crippen molar-refractivity contribution in [2.24, 2.45) is 5.73 Å². The lowest BCUT2D eigenvalue weighted by atomic mass is 9.92. The number of carbonyl (C=O) groups is 1. The number of ether oxygens (including phenoxy) is 1. The Hall–Kier alpha value is -1.69. The Morgan fingerprint density at radius 2 is 1.95 bits per heavy atom. The Bertz CT molecular complexity index is 482. The molecular weight excluding hydrogens is 278 g/mol. The average Bonchev–Trinajstić information content (AvgIpc) is 2.48. The molecule has 0 spiro atoms. The number of rotatable bonds is 7. The standard InChI is InChI=1S/C15H22F2N2O2/c1-4-15(5-2,9-18)19-14(20)10(3)21-11-6-7-12(16)13(17)8-11/h6-8,10H,4-5,9,18H2,1-3H3,(H,19,20). The van der Waals surface area contributed by atoms with Gasteiger partial charge in [0.05, 0.1) is 5.54 Å². The van der Waals surface area contributed by atoms with Gasteiger partial charge in [-0.3, -0.25) is 4.79 Å². The van der Waals surface area contributed by atoms with Gasteiger partial charge in [-0.05, 0) is 31.9 Å². The minimum atomic E-state index is -1.02. The molecule has 4 nitrogen and oxygen atoms in total. The summed E-state index contributed by atoms with van der Waals surface area (Å²) in [6, 6.07) is 3.14. The first-order valence-electron chi connectivity index (χ1n) is 7.01. The van der Waals surface area contributed by atoms with Crippen molar-refractivity contribution in [2.75, 3.05) is 6.54 Å². The third-order valence-electron chi connectivity index (χ3n) is 3.71. The lowest BCUT2D eigenvalue weighted by Gasteiger charge is -2.32. The van der Waals surface area contributed by atoms with Crippen LogP contribution in [-0.4, -0.2) is 24.1 Å². The predicted octanol–water partition coefficient (Wildman–Crippen LogP) is 2.37. The Kier molecular flexibility index (Phi) is 6.08. The molecule has 1 unspecified atom stereocenters. The Morgan fingerprint density at radius 3 is 2.43 bits per heavy atom. The summed E-state index contributed by atoms with van der Waals surface area (Å²) in [7, 11) is 0. The van der Waals surface area contributed by atoms with Crippen molar-refractivity contribution in [3.63, 3.8) is 0 Å². The predicted molar refractivity (Wildman–Crippen MR) is 77.0 cm³/mol. The third-order valence-corrected chi connectivity index (χ3v) is 3.71. The zero-order valence-corrected chi connectivity index (χ0v) is 12.6. The number of hydrogen-bond donors (Lipinski definition) is 2. The van der Waals surface area contributed by atoms with Gasteiger partial charge in [0.1, 0.15) is 5.75 Å². The molecule has 1 rings (SSSR count). The van der Waals surface area contributed by atoms with Crippen molar-refractivity contribution in [2.45, 2.75) is 45.3 Å². The van der Waals surface area contributed by atoms with Crippen LogP contribution in [0.5, 0.6) is 5.75 Å². The monoisotopic (exact) mass is 300 g/mol. The largest absolute Gasteiger partial charge is 0.481 e. The Morgan fingerprint density at radius 1 is 1.33 bits per heavy atom. The molecule has 0 bridgehead atoms. The molecule has 6 heteroatoms. The van der Waals surface area contributed by atoms with E-state index in [4.69, 9.17) is 10.5 Å². The summed E-state index contributed by atoms with van der Waals surface area (Å²) in [5.41, 5.74) is 5.25. The van der Waals surface area contributed by atoms with E-state index in [1.54, 1.807) is 6.92 Å². The molecule has 118 valence electrons. The van der Waals surface area contributed by atoms with Crippen LogP contribution in [-0.2, 0) is 4.79 Å². The zero-order chi connectivity index (χ0) is 16.0. The van der Waals surface area contributed by atoms with Crippen LogP contribution in [0.4, 0.5) is 8.78 Å². The SMILES string of the molecule is CCC(CC)(CN)NC(=O)C(C)Oc1ccc(F)c(F)c1. The number of amides is 1. The van der Waals surface area contributed by atoms with Crippen LogP contribution in [0, 0.1) is 11.6 Å². The van der Waals surface area contributed by atoms with E-state index in [-0.39, 0.29) is 11.7 Å². The maximum absolute atomic E-state index is 13.1. The number of carbonyl (C=O) groups excluding carboxylic acids is 1. The van der Waals surface area contributed by atoms with Crippen LogP contribution in [0.1, 0.15) is 33.6 Å². The summed E-state index contributed by atoms with van der Waals surface area (Å²) in [4.78, 5) is 12.1. The molecule has 0 aliphatic heterocycles. The normalized spacial score (nSPS) is 12.9. The smallest absolute Gasteiger partial charge is 0.261 e. The highest BCUT2D eigenvalue weighted by Crippen LogP contribution is 2.18. The van der Waals surface area contributed by atoms with Crippen LogP contribution in [0.2, 0.25) is 0 Å². The Labute approximate surface area is 123 Å². The van der Waals surface area contributed by atoms with Gasteiger partial charge in [0, 0.05) is 12.6 Å². The molecule has 0 fully saturated rings. The van der Waals surface area contributed by atoms with E-state index < -0.39 is 23.3 Å². The maximum Gasteiger partial charge on any atom is 0.261 e. The minimum Gasteiger partial charge on any atom is -0.481 e. The van der Waals surface area contributed by atoms with E-state index in [2.05, 4.69) is 5.32 Å². The molecule has 0 aliphatic rings. The second-order valence-corrected chi connectivity index (χ2v) is 5.02. The molecule has 0 aliphatic carbocycles. The van der Waals surface area contributed by atoms with Gasteiger partial charge in [-0.2, -0.15) is 0 Å². The topological polar surface area (TPSA) is 64.3 Å². The van der Waals surface area contributed by atoms with Crippen LogP contribution in [0.15, 0.2) is 18.2 Å². The first kappa shape index (κ1) is 17.4. The van der Waals surface area contributed by atoms with E-state index in [0.717, 1.165) is 12.1 Å². The molecule has 0 saturated carbocycles. The first-order chi connectivity index (χ1) is 9.87. The molecule has 0 aromatic heterocycles. The molecule has 3 N–H and O–H groups in total. The van der Waals surface area contributed by atoms with Crippen LogP contribution >= 0.6 is 0 Å². The highest BCUT2D eigenvalue weighted by Gasteiger charge is 2.29. The fourth-order valence-electron chi connectivity index (χ4n) is 1.94. The number of benzene rings is 1. The molecular formula is C15H22F2N2O2. The molecule has 0 heterocycles. The minimum absolute atomic E-state index is 0.0999. The molecule has 21 heavy (non-hydrogen) atoms. The number of hydrogen-bond acceptors (Lipinski definition) is 3. The summed E-state index contributed by atoms with van der Waals surface area (Å²) in [5.74, 6) is -2.21. The van der Waals surface area contributed by atoms with E-state index >= 15 is 0 Å². The highest BCUT2D eigenvalue weighted by atomic mass is 19.2. The second-order valence-electron chi connectivity index (χ2n) is 5.02. The molecule has 1 aromatic carbocycles. The van der Waals surface area contributed by atoms with E-state index in [1.165, 1.54) is 6.07 Å². The van der Waals surface area contributed by atoms with Gasteiger partial charge in [0.25, 0.3) is 5.91 Å². The number of nitrogens with two attached hydrogens (primary N) is 1. The van der Waals surface area contributed by atoms with E-state index in [9.17, 15) is 13.6 Å². The van der Waals surface area contributed by atoms with Gasteiger partial charge in [-0.1, -0.05) is 13.8 Å². The summed E-state index contributed by atoms with van der Waals surface area (Å²) < 4.78 is 31.3. The van der Waals surface area contributed by atoms with Crippen molar-refractivity contribution in [3.05, 3.63) is 29.8 Å². The van der Waals surface area contributed by atoms with Gasteiger partial charge < -0.3 is 15.8 Å².